The van der Waals surface area contributed by atoms with E-state index in [4.69, 9.17) is 4.74 Å². The van der Waals surface area contributed by atoms with Gasteiger partial charge in [-0.15, -0.1) is 0 Å². The fraction of sp³-hybridized carbons (Fsp3) is 0.684. The number of aliphatic hydroxyl groups is 2. The molecule has 1 saturated carbocycles. The molecule has 1 aromatic rings. The van der Waals surface area contributed by atoms with Crippen molar-refractivity contribution in [1.29, 1.82) is 0 Å². The number of ether oxygens (including phenoxy) is 1. The molecule has 0 radical (unpaired) electrons. The molecule has 22 heavy (non-hydrogen) atoms. The van der Waals surface area contributed by atoms with Gasteiger partial charge in [-0.3, -0.25) is 0 Å². The summed E-state index contributed by atoms with van der Waals surface area (Å²) < 4.78 is 5.70. The van der Waals surface area contributed by atoms with Crippen LogP contribution < -0.4 is 0 Å². The van der Waals surface area contributed by atoms with Gasteiger partial charge in [-0.05, 0) is 61.0 Å². The van der Waals surface area contributed by atoms with Gasteiger partial charge in [0.2, 0.25) is 0 Å². The summed E-state index contributed by atoms with van der Waals surface area (Å²) in [6, 6.07) is 8.54. The van der Waals surface area contributed by atoms with E-state index < -0.39 is 0 Å². The van der Waals surface area contributed by atoms with Crippen molar-refractivity contribution in [3.05, 3.63) is 35.4 Å². The zero-order valence-electron chi connectivity index (χ0n) is 13.0. The van der Waals surface area contributed by atoms with Gasteiger partial charge in [0.15, 0.2) is 0 Å². The van der Waals surface area contributed by atoms with Crippen LogP contribution in [0.2, 0.25) is 0 Å². The Labute approximate surface area is 132 Å². The van der Waals surface area contributed by atoms with E-state index in [1.807, 2.05) is 0 Å². The Hall–Kier alpha value is -0.900. The zero-order chi connectivity index (χ0) is 15.1. The Morgan fingerprint density at radius 2 is 1.91 bits per heavy atom. The van der Waals surface area contributed by atoms with Gasteiger partial charge in [-0.2, -0.15) is 0 Å². The lowest BCUT2D eigenvalue weighted by molar-refractivity contribution is 0.0646. The van der Waals surface area contributed by atoms with Crippen LogP contribution in [0, 0.1) is 17.8 Å². The Morgan fingerprint density at radius 1 is 1.18 bits per heavy atom. The van der Waals surface area contributed by atoms with Gasteiger partial charge in [-0.25, -0.2) is 0 Å². The molecular formula is C19H26O3. The number of fused-ring (bicyclic) bond motifs is 2. The van der Waals surface area contributed by atoms with Crippen LogP contribution in [-0.2, 0) is 17.6 Å². The van der Waals surface area contributed by atoms with Crippen LogP contribution in [0.3, 0.4) is 0 Å². The normalized spacial score (nSPS) is 35.5. The van der Waals surface area contributed by atoms with Gasteiger partial charge in [0.05, 0.1) is 18.3 Å². The topological polar surface area (TPSA) is 49.7 Å². The van der Waals surface area contributed by atoms with Crippen LogP contribution in [0.25, 0.3) is 0 Å². The molecule has 3 heteroatoms. The van der Waals surface area contributed by atoms with Crippen molar-refractivity contribution >= 4 is 0 Å². The van der Waals surface area contributed by atoms with E-state index in [2.05, 4.69) is 24.3 Å². The van der Waals surface area contributed by atoms with Crippen molar-refractivity contribution in [3.8, 4) is 0 Å². The first kappa shape index (κ1) is 14.7. The first-order chi connectivity index (χ1) is 10.7. The van der Waals surface area contributed by atoms with Crippen LogP contribution in [0.1, 0.15) is 36.8 Å². The van der Waals surface area contributed by atoms with Gasteiger partial charge in [0.25, 0.3) is 0 Å². The average Bonchev–Trinajstić information content (AvgIpc) is 3.19. The second kappa shape index (κ2) is 5.95. The Morgan fingerprint density at radius 3 is 2.64 bits per heavy atom. The van der Waals surface area contributed by atoms with Crippen molar-refractivity contribution in [2.45, 2.75) is 56.8 Å². The van der Waals surface area contributed by atoms with Gasteiger partial charge in [0.1, 0.15) is 0 Å². The monoisotopic (exact) mass is 302 g/mol. The standard InChI is InChI=1S/C19H26O3/c20-17(14-9-12-3-1-2-4-13(12)10-14)6-5-15-16-7-8-22-19(16)11-18(15)21/h1-4,14-21H,5-11H2/t15-,16-,17-,18-,19+/m1/s1. The largest absolute Gasteiger partial charge is 0.393 e. The maximum absolute atomic E-state index is 10.6. The third-order valence-electron chi connectivity index (χ3n) is 6.20. The molecule has 4 rings (SSSR count). The van der Waals surface area contributed by atoms with Gasteiger partial charge >= 0.3 is 0 Å². The maximum atomic E-state index is 10.6. The van der Waals surface area contributed by atoms with E-state index >= 15 is 0 Å². The number of hydrogen-bond acceptors (Lipinski definition) is 3. The first-order valence-corrected chi connectivity index (χ1v) is 8.77. The predicted octanol–water partition coefficient (Wildman–Crippen LogP) is 2.33. The molecule has 0 amide bonds. The number of benzene rings is 1. The minimum atomic E-state index is -0.249. The third-order valence-corrected chi connectivity index (χ3v) is 6.20. The average molecular weight is 302 g/mol. The van der Waals surface area contributed by atoms with Crippen LogP contribution >= 0.6 is 0 Å². The predicted molar refractivity (Wildman–Crippen MR) is 84.5 cm³/mol. The maximum Gasteiger partial charge on any atom is 0.0632 e. The molecule has 1 heterocycles. The molecule has 1 aliphatic heterocycles. The van der Waals surface area contributed by atoms with Crippen molar-refractivity contribution in [2.75, 3.05) is 6.61 Å². The van der Waals surface area contributed by atoms with Crippen LogP contribution in [0.4, 0.5) is 0 Å². The fourth-order valence-corrected chi connectivity index (χ4v) is 4.97. The van der Waals surface area contributed by atoms with Gasteiger partial charge in [0, 0.05) is 13.0 Å². The molecule has 0 bridgehead atoms. The highest BCUT2D eigenvalue weighted by Gasteiger charge is 2.45. The summed E-state index contributed by atoms with van der Waals surface area (Å²) in [5.41, 5.74) is 2.80. The third kappa shape index (κ3) is 2.60. The van der Waals surface area contributed by atoms with Crippen molar-refractivity contribution < 1.29 is 14.9 Å². The molecular weight excluding hydrogens is 276 g/mol. The summed E-state index contributed by atoms with van der Waals surface area (Å²) in [6.45, 7) is 0.846. The first-order valence-electron chi connectivity index (χ1n) is 8.77. The molecule has 0 aromatic heterocycles. The molecule has 120 valence electrons. The molecule has 2 aliphatic carbocycles. The summed E-state index contributed by atoms with van der Waals surface area (Å²) in [7, 11) is 0. The van der Waals surface area contributed by atoms with E-state index in [-0.39, 0.29) is 18.3 Å². The minimum absolute atomic E-state index is 0.233. The number of hydrogen-bond donors (Lipinski definition) is 2. The van der Waals surface area contributed by atoms with Crippen molar-refractivity contribution in [2.24, 2.45) is 17.8 Å². The highest BCUT2D eigenvalue weighted by Crippen LogP contribution is 2.43. The summed E-state index contributed by atoms with van der Waals surface area (Å²) >= 11 is 0. The molecule has 1 aromatic carbocycles. The Kier molecular flexibility index (Phi) is 3.97. The van der Waals surface area contributed by atoms with E-state index in [1.54, 1.807) is 0 Å². The highest BCUT2D eigenvalue weighted by atomic mass is 16.5. The zero-order valence-corrected chi connectivity index (χ0v) is 13.0. The van der Waals surface area contributed by atoms with Crippen molar-refractivity contribution in [3.63, 3.8) is 0 Å². The summed E-state index contributed by atoms with van der Waals surface area (Å²) in [6.07, 6.45) is 5.40. The lowest BCUT2D eigenvalue weighted by Crippen LogP contribution is -2.25. The van der Waals surface area contributed by atoms with Crippen LogP contribution in [0.5, 0.6) is 0 Å². The van der Waals surface area contributed by atoms with E-state index in [9.17, 15) is 10.2 Å². The van der Waals surface area contributed by atoms with Crippen LogP contribution in [0.15, 0.2) is 24.3 Å². The molecule has 1 saturated heterocycles. The fourth-order valence-electron chi connectivity index (χ4n) is 4.97. The highest BCUT2D eigenvalue weighted by molar-refractivity contribution is 5.32. The van der Waals surface area contributed by atoms with Gasteiger partial charge < -0.3 is 14.9 Å². The number of rotatable bonds is 4. The molecule has 3 nitrogen and oxygen atoms in total. The molecule has 0 unspecified atom stereocenters. The Balaban J connectivity index is 1.33. The summed E-state index contributed by atoms with van der Waals surface area (Å²) in [5.74, 6) is 1.19. The second-order valence-electron chi connectivity index (χ2n) is 7.41. The Bertz CT molecular complexity index is 504. The number of aliphatic hydroxyl groups excluding tert-OH is 2. The molecule has 2 fully saturated rings. The molecule has 5 atom stereocenters. The van der Waals surface area contributed by atoms with Crippen LogP contribution in [-0.4, -0.2) is 35.1 Å². The van der Waals surface area contributed by atoms with Gasteiger partial charge in [-0.1, -0.05) is 24.3 Å². The lowest BCUT2D eigenvalue weighted by Gasteiger charge is -2.24. The van der Waals surface area contributed by atoms with E-state index in [1.165, 1.54) is 11.1 Å². The molecule has 2 N–H and O–H groups in total. The van der Waals surface area contributed by atoms with Crippen molar-refractivity contribution in [1.82, 2.24) is 0 Å². The van der Waals surface area contributed by atoms with E-state index in [0.717, 1.165) is 45.1 Å². The summed E-state index contributed by atoms with van der Waals surface area (Å²) in [5, 5.41) is 20.8. The molecule has 0 spiro atoms. The second-order valence-corrected chi connectivity index (χ2v) is 7.41. The smallest absolute Gasteiger partial charge is 0.0632 e. The minimum Gasteiger partial charge on any atom is -0.393 e. The summed E-state index contributed by atoms with van der Waals surface area (Å²) in [4.78, 5) is 0. The lowest BCUT2D eigenvalue weighted by atomic mass is 9.85. The molecule has 3 aliphatic rings. The quantitative estimate of drug-likeness (QED) is 0.897. The van der Waals surface area contributed by atoms with E-state index in [0.29, 0.717) is 17.8 Å². The SMILES string of the molecule is O[C@H](CC[C@@H]1[C@H]2CCO[C@H]2C[C@H]1O)C1Cc2ccccc2C1.